The van der Waals surface area contributed by atoms with E-state index >= 15 is 0 Å². The number of aromatic nitrogens is 4. The molecule has 0 fully saturated rings. The number of hydrogen-bond donors (Lipinski definition) is 1. The summed E-state index contributed by atoms with van der Waals surface area (Å²) in [6, 6.07) is 9.83. The van der Waals surface area contributed by atoms with Crippen molar-refractivity contribution in [1.82, 2.24) is 20.4 Å². The van der Waals surface area contributed by atoms with Gasteiger partial charge in [0.05, 0.1) is 0 Å². The molecule has 2 heterocycles. The topological polar surface area (TPSA) is 54.5 Å². The zero-order valence-electron chi connectivity index (χ0n) is 7.88. The Bertz CT molecular complexity index is 586. The Morgan fingerprint density at radius 3 is 2.87 bits per heavy atom. The maximum absolute atomic E-state index is 4.13. The second kappa shape index (κ2) is 3.16. The predicted octanol–water partition coefficient (Wildman–Crippen LogP) is 2.02. The van der Waals surface area contributed by atoms with Gasteiger partial charge in [-0.3, -0.25) is 4.98 Å². The van der Waals surface area contributed by atoms with Crippen LogP contribution in [-0.4, -0.2) is 20.4 Å². The van der Waals surface area contributed by atoms with E-state index in [1.165, 1.54) is 0 Å². The lowest BCUT2D eigenvalue weighted by Gasteiger charge is -1.99. The highest BCUT2D eigenvalue weighted by atomic mass is 15.3. The minimum atomic E-state index is 0.872. The first kappa shape index (κ1) is 8.11. The molecule has 0 bridgehead atoms. The zero-order valence-corrected chi connectivity index (χ0v) is 7.88. The Morgan fingerprint density at radius 1 is 1.00 bits per heavy atom. The van der Waals surface area contributed by atoms with Gasteiger partial charge in [0.15, 0.2) is 0 Å². The Labute approximate surface area is 86.0 Å². The molecule has 4 heteroatoms. The summed E-state index contributed by atoms with van der Waals surface area (Å²) in [4.78, 5) is 4.09. The maximum atomic E-state index is 4.13. The number of rotatable bonds is 1. The highest BCUT2D eigenvalue weighted by molar-refractivity contribution is 5.90. The summed E-state index contributed by atoms with van der Waals surface area (Å²) in [6.07, 6.45) is 3.58. The maximum Gasteiger partial charge on any atom is 0.120 e. The number of benzene rings is 1. The van der Waals surface area contributed by atoms with Gasteiger partial charge in [0.2, 0.25) is 0 Å². The number of hydrogen-bond acceptors (Lipinski definition) is 3. The predicted molar refractivity (Wildman–Crippen MR) is 57.1 cm³/mol. The van der Waals surface area contributed by atoms with E-state index in [0.717, 1.165) is 22.2 Å². The van der Waals surface area contributed by atoms with Gasteiger partial charge in [0.25, 0.3) is 0 Å². The van der Waals surface area contributed by atoms with E-state index in [1.807, 2.05) is 36.5 Å². The largest absolute Gasteiger partial charge is 0.264 e. The van der Waals surface area contributed by atoms with E-state index in [9.17, 15) is 0 Å². The van der Waals surface area contributed by atoms with E-state index in [-0.39, 0.29) is 0 Å². The van der Waals surface area contributed by atoms with Crippen molar-refractivity contribution in [1.29, 1.82) is 0 Å². The van der Waals surface area contributed by atoms with Crippen molar-refractivity contribution in [2.45, 2.75) is 0 Å². The fraction of sp³-hybridized carbons (Fsp3) is 0. The molecule has 15 heavy (non-hydrogen) atoms. The number of pyridine rings is 1. The summed E-state index contributed by atoms with van der Waals surface area (Å²) >= 11 is 0. The molecule has 0 atom stereocenters. The summed E-state index contributed by atoms with van der Waals surface area (Å²) < 4.78 is 0. The SMILES string of the molecule is c1cncc(-c2cccc3n[nH]nc23)c1. The molecule has 0 aliphatic rings. The van der Waals surface area contributed by atoms with E-state index in [4.69, 9.17) is 0 Å². The molecule has 4 nitrogen and oxygen atoms in total. The first-order valence-electron chi connectivity index (χ1n) is 4.65. The van der Waals surface area contributed by atoms with Gasteiger partial charge in [-0.15, -0.1) is 0 Å². The summed E-state index contributed by atoms with van der Waals surface area (Å²) in [5.41, 5.74) is 3.85. The van der Waals surface area contributed by atoms with Crippen LogP contribution in [0.4, 0.5) is 0 Å². The Hall–Kier alpha value is -2.23. The van der Waals surface area contributed by atoms with Crippen LogP contribution in [0.25, 0.3) is 22.2 Å². The summed E-state index contributed by atoms with van der Waals surface area (Å²) in [6.45, 7) is 0. The van der Waals surface area contributed by atoms with Gasteiger partial charge in [-0.2, -0.15) is 15.4 Å². The van der Waals surface area contributed by atoms with Gasteiger partial charge in [0.1, 0.15) is 11.0 Å². The second-order valence-corrected chi connectivity index (χ2v) is 3.24. The number of nitrogens with zero attached hydrogens (tertiary/aromatic N) is 3. The number of fused-ring (bicyclic) bond motifs is 1. The van der Waals surface area contributed by atoms with E-state index in [0.29, 0.717) is 0 Å². The van der Waals surface area contributed by atoms with Crippen LogP contribution >= 0.6 is 0 Å². The Balaban J connectivity index is 2.31. The molecule has 2 aromatic heterocycles. The molecule has 0 saturated carbocycles. The van der Waals surface area contributed by atoms with Crippen molar-refractivity contribution < 1.29 is 0 Å². The first-order valence-corrected chi connectivity index (χ1v) is 4.65. The number of para-hydroxylation sites is 1. The van der Waals surface area contributed by atoms with Crippen molar-refractivity contribution in [2.24, 2.45) is 0 Å². The standard InChI is InChI=1S/C11H8N4/c1-4-9(8-3-2-6-12-7-8)11-10(5-1)13-15-14-11/h1-7H,(H,13,14,15). The average Bonchev–Trinajstić information content (AvgIpc) is 2.78. The van der Waals surface area contributed by atoms with E-state index < -0.39 is 0 Å². The molecule has 0 spiro atoms. The van der Waals surface area contributed by atoms with Gasteiger partial charge >= 0.3 is 0 Å². The van der Waals surface area contributed by atoms with Crippen LogP contribution in [0.2, 0.25) is 0 Å². The first-order chi connectivity index (χ1) is 7.45. The Morgan fingerprint density at radius 2 is 2.00 bits per heavy atom. The minimum absolute atomic E-state index is 0.872. The van der Waals surface area contributed by atoms with Crippen LogP contribution in [0, 0.1) is 0 Å². The van der Waals surface area contributed by atoms with Crippen molar-refractivity contribution in [3.05, 3.63) is 42.7 Å². The van der Waals surface area contributed by atoms with Crippen molar-refractivity contribution in [2.75, 3.05) is 0 Å². The van der Waals surface area contributed by atoms with Gasteiger partial charge < -0.3 is 0 Å². The molecule has 3 aromatic rings. The molecule has 0 saturated heterocycles. The normalized spacial score (nSPS) is 10.7. The minimum Gasteiger partial charge on any atom is -0.264 e. The molecule has 0 unspecified atom stereocenters. The van der Waals surface area contributed by atoms with Crippen LogP contribution in [0.3, 0.4) is 0 Å². The number of aromatic amines is 1. The fourth-order valence-electron chi connectivity index (χ4n) is 1.62. The van der Waals surface area contributed by atoms with E-state index in [2.05, 4.69) is 20.4 Å². The molecule has 1 aromatic carbocycles. The third kappa shape index (κ3) is 1.27. The lowest BCUT2D eigenvalue weighted by atomic mass is 10.1. The highest BCUT2D eigenvalue weighted by Crippen LogP contribution is 2.24. The summed E-state index contributed by atoms with van der Waals surface area (Å²) in [7, 11) is 0. The Kier molecular flexibility index (Phi) is 1.71. The molecule has 0 amide bonds. The molecule has 0 radical (unpaired) electrons. The highest BCUT2D eigenvalue weighted by Gasteiger charge is 2.05. The van der Waals surface area contributed by atoms with Crippen LogP contribution in [-0.2, 0) is 0 Å². The monoisotopic (exact) mass is 196 g/mol. The fourth-order valence-corrected chi connectivity index (χ4v) is 1.62. The quantitative estimate of drug-likeness (QED) is 0.647. The third-order valence-electron chi connectivity index (χ3n) is 2.32. The van der Waals surface area contributed by atoms with Crippen LogP contribution in [0.15, 0.2) is 42.7 Å². The van der Waals surface area contributed by atoms with Crippen LogP contribution in [0.1, 0.15) is 0 Å². The smallest absolute Gasteiger partial charge is 0.120 e. The van der Waals surface area contributed by atoms with Crippen molar-refractivity contribution in [3.8, 4) is 11.1 Å². The molecule has 1 N–H and O–H groups in total. The van der Waals surface area contributed by atoms with Gasteiger partial charge in [-0.25, -0.2) is 0 Å². The average molecular weight is 196 g/mol. The lowest BCUT2D eigenvalue weighted by molar-refractivity contribution is 0.959. The van der Waals surface area contributed by atoms with E-state index in [1.54, 1.807) is 6.20 Å². The van der Waals surface area contributed by atoms with Crippen LogP contribution < -0.4 is 0 Å². The molecule has 0 aliphatic heterocycles. The molecule has 3 rings (SSSR count). The molecular formula is C11H8N4. The number of nitrogens with one attached hydrogen (secondary N) is 1. The summed E-state index contributed by atoms with van der Waals surface area (Å²) in [5.74, 6) is 0. The zero-order chi connectivity index (χ0) is 10.1. The van der Waals surface area contributed by atoms with Crippen LogP contribution in [0.5, 0.6) is 0 Å². The number of H-pyrrole nitrogens is 1. The second-order valence-electron chi connectivity index (χ2n) is 3.24. The third-order valence-corrected chi connectivity index (χ3v) is 2.32. The molecule has 72 valence electrons. The molecule has 0 aliphatic carbocycles. The van der Waals surface area contributed by atoms with Gasteiger partial charge in [-0.1, -0.05) is 18.2 Å². The van der Waals surface area contributed by atoms with Gasteiger partial charge in [-0.05, 0) is 12.1 Å². The lowest BCUT2D eigenvalue weighted by Crippen LogP contribution is -1.81. The van der Waals surface area contributed by atoms with Crippen molar-refractivity contribution >= 4 is 11.0 Å². The summed E-state index contributed by atoms with van der Waals surface area (Å²) in [5, 5.41) is 10.8. The molecular weight excluding hydrogens is 188 g/mol. The van der Waals surface area contributed by atoms with Crippen molar-refractivity contribution in [3.63, 3.8) is 0 Å². The van der Waals surface area contributed by atoms with Gasteiger partial charge in [0, 0.05) is 23.5 Å².